The molecule has 21 heavy (non-hydrogen) atoms. The largest absolute Gasteiger partial charge is 0.351 e. The van der Waals surface area contributed by atoms with Crippen LogP contribution < -0.4 is 11.1 Å². The lowest BCUT2D eigenvalue weighted by molar-refractivity contribution is -0.120. The molecule has 3 amide bonds. The van der Waals surface area contributed by atoms with Gasteiger partial charge in [-0.25, -0.2) is 4.79 Å². The molecule has 0 bridgehead atoms. The van der Waals surface area contributed by atoms with Crippen LogP contribution >= 0.6 is 11.6 Å². The first-order valence-electron chi connectivity index (χ1n) is 7.13. The predicted octanol–water partition coefficient (Wildman–Crippen LogP) is 1.93. The second kappa shape index (κ2) is 7.43. The van der Waals surface area contributed by atoms with Crippen molar-refractivity contribution in [2.75, 3.05) is 13.1 Å². The number of benzene rings is 1. The van der Waals surface area contributed by atoms with Crippen LogP contribution in [0.1, 0.15) is 24.8 Å². The molecule has 1 saturated heterocycles. The average molecular weight is 310 g/mol. The van der Waals surface area contributed by atoms with Crippen LogP contribution in [0.2, 0.25) is 5.02 Å². The molecule has 0 radical (unpaired) electrons. The number of nitrogens with one attached hydrogen (secondary N) is 1. The van der Waals surface area contributed by atoms with Crippen molar-refractivity contribution in [3.63, 3.8) is 0 Å². The molecule has 1 aromatic carbocycles. The fraction of sp³-hybridized carbons (Fsp3) is 0.467. The summed E-state index contributed by atoms with van der Waals surface area (Å²) in [7, 11) is 0. The Bertz CT molecular complexity index is 521. The van der Waals surface area contributed by atoms with Gasteiger partial charge in [-0.05, 0) is 37.4 Å². The van der Waals surface area contributed by atoms with Crippen molar-refractivity contribution in [2.24, 2.45) is 5.73 Å². The number of carbonyl (C=O) groups excluding carboxylic acids is 2. The van der Waals surface area contributed by atoms with Crippen LogP contribution in [0.3, 0.4) is 0 Å². The Hall–Kier alpha value is -1.59. The number of nitrogens with two attached hydrogens (primary N) is 1. The van der Waals surface area contributed by atoms with E-state index in [1.165, 1.54) is 0 Å². The van der Waals surface area contributed by atoms with Gasteiger partial charge in [0.05, 0.1) is 0 Å². The van der Waals surface area contributed by atoms with E-state index in [1.807, 2.05) is 24.3 Å². The van der Waals surface area contributed by atoms with Gasteiger partial charge in [0.15, 0.2) is 0 Å². The van der Waals surface area contributed by atoms with Crippen LogP contribution in [0.5, 0.6) is 0 Å². The molecule has 0 saturated carbocycles. The lowest BCUT2D eigenvalue weighted by Gasteiger charge is -2.24. The minimum atomic E-state index is -0.797. The van der Waals surface area contributed by atoms with Crippen LogP contribution in [0, 0.1) is 0 Å². The monoisotopic (exact) mass is 309 g/mol. The van der Waals surface area contributed by atoms with Crippen molar-refractivity contribution in [1.29, 1.82) is 0 Å². The first-order valence-corrected chi connectivity index (χ1v) is 7.51. The summed E-state index contributed by atoms with van der Waals surface area (Å²) in [6.07, 6.45) is 3.38. The molecule has 0 aromatic heterocycles. The molecule has 114 valence electrons. The number of nitrogens with zero attached hydrogens (tertiary/aromatic N) is 1. The summed E-state index contributed by atoms with van der Waals surface area (Å²) in [6.45, 7) is 1.60. The van der Waals surface area contributed by atoms with Crippen LogP contribution in [0.15, 0.2) is 24.3 Å². The normalized spacial score (nSPS) is 18.6. The SMILES string of the molecule is NC(=O)NC(=O)CCN1CCC[C@H]1Cc1ccccc1Cl. The highest BCUT2D eigenvalue weighted by molar-refractivity contribution is 6.31. The minimum absolute atomic E-state index is 0.280. The number of imide groups is 1. The van der Waals surface area contributed by atoms with Crippen LogP contribution in [-0.2, 0) is 11.2 Å². The first-order chi connectivity index (χ1) is 10.1. The smallest absolute Gasteiger partial charge is 0.318 e. The molecule has 0 aliphatic carbocycles. The molecule has 3 N–H and O–H groups in total. The summed E-state index contributed by atoms with van der Waals surface area (Å²) < 4.78 is 0. The van der Waals surface area contributed by atoms with Crippen LogP contribution in [-0.4, -0.2) is 36.0 Å². The Morgan fingerprint density at radius 3 is 2.86 bits per heavy atom. The number of primary amides is 1. The molecule has 1 atom stereocenters. The van der Waals surface area contributed by atoms with Crippen molar-refractivity contribution in [3.05, 3.63) is 34.9 Å². The Balaban J connectivity index is 1.87. The molecule has 5 nitrogen and oxygen atoms in total. The maximum absolute atomic E-state index is 11.5. The molecule has 1 fully saturated rings. The van der Waals surface area contributed by atoms with Gasteiger partial charge in [0.1, 0.15) is 0 Å². The first kappa shape index (κ1) is 15.8. The Morgan fingerprint density at radius 2 is 2.14 bits per heavy atom. The lowest BCUT2D eigenvalue weighted by atomic mass is 10.0. The number of carbonyl (C=O) groups is 2. The number of hydrogen-bond donors (Lipinski definition) is 2. The number of halogens is 1. The summed E-state index contributed by atoms with van der Waals surface area (Å²) in [5, 5.41) is 2.88. The highest BCUT2D eigenvalue weighted by Gasteiger charge is 2.25. The number of hydrogen-bond acceptors (Lipinski definition) is 3. The third-order valence-electron chi connectivity index (χ3n) is 3.80. The highest BCUT2D eigenvalue weighted by atomic mass is 35.5. The van der Waals surface area contributed by atoms with Crippen molar-refractivity contribution < 1.29 is 9.59 Å². The predicted molar refractivity (Wildman–Crippen MR) is 82.1 cm³/mol. The summed E-state index contributed by atoms with van der Waals surface area (Å²) in [6, 6.07) is 7.45. The fourth-order valence-electron chi connectivity index (χ4n) is 2.78. The third-order valence-corrected chi connectivity index (χ3v) is 4.17. The zero-order valence-electron chi connectivity index (χ0n) is 11.8. The zero-order chi connectivity index (χ0) is 15.2. The molecule has 1 aromatic rings. The second-order valence-electron chi connectivity index (χ2n) is 5.29. The average Bonchev–Trinajstić information content (AvgIpc) is 2.86. The molecule has 1 aliphatic heterocycles. The topological polar surface area (TPSA) is 75.4 Å². The third kappa shape index (κ3) is 4.72. The van der Waals surface area contributed by atoms with Gasteiger partial charge in [-0.2, -0.15) is 0 Å². The maximum atomic E-state index is 11.5. The van der Waals surface area contributed by atoms with Gasteiger partial charge in [0.2, 0.25) is 5.91 Å². The maximum Gasteiger partial charge on any atom is 0.318 e. The quantitative estimate of drug-likeness (QED) is 0.872. The van der Waals surface area contributed by atoms with E-state index < -0.39 is 6.03 Å². The molecule has 0 unspecified atom stereocenters. The number of urea groups is 1. The van der Waals surface area contributed by atoms with E-state index in [-0.39, 0.29) is 12.3 Å². The molecule has 1 aliphatic rings. The summed E-state index contributed by atoms with van der Waals surface area (Å²) in [5.74, 6) is -0.328. The van der Waals surface area contributed by atoms with E-state index in [0.29, 0.717) is 12.6 Å². The summed E-state index contributed by atoms with van der Waals surface area (Å²) >= 11 is 6.20. The molecule has 1 heterocycles. The van der Waals surface area contributed by atoms with Crippen molar-refractivity contribution in [2.45, 2.75) is 31.7 Å². The lowest BCUT2D eigenvalue weighted by Crippen LogP contribution is -2.38. The van der Waals surface area contributed by atoms with E-state index in [2.05, 4.69) is 10.2 Å². The van der Waals surface area contributed by atoms with E-state index in [9.17, 15) is 9.59 Å². The molecular weight excluding hydrogens is 290 g/mol. The van der Waals surface area contributed by atoms with Crippen molar-refractivity contribution >= 4 is 23.5 Å². The number of rotatable bonds is 5. The van der Waals surface area contributed by atoms with Crippen molar-refractivity contribution in [3.8, 4) is 0 Å². The summed E-state index contributed by atoms with van der Waals surface area (Å²) in [4.78, 5) is 24.4. The van der Waals surface area contributed by atoms with Gasteiger partial charge in [-0.1, -0.05) is 29.8 Å². The second-order valence-corrected chi connectivity index (χ2v) is 5.70. The van der Waals surface area contributed by atoms with Crippen LogP contribution in [0.4, 0.5) is 4.79 Å². The minimum Gasteiger partial charge on any atom is -0.351 e. The van der Waals surface area contributed by atoms with E-state index in [0.717, 1.165) is 36.4 Å². The highest BCUT2D eigenvalue weighted by Crippen LogP contribution is 2.24. The van der Waals surface area contributed by atoms with Gasteiger partial charge < -0.3 is 5.73 Å². The Labute approximate surface area is 129 Å². The van der Waals surface area contributed by atoms with Gasteiger partial charge in [-0.3, -0.25) is 15.0 Å². The van der Waals surface area contributed by atoms with E-state index in [1.54, 1.807) is 0 Å². The van der Waals surface area contributed by atoms with Gasteiger partial charge in [0, 0.05) is 24.0 Å². The molecular formula is C15H20ClN3O2. The summed E-state index contributed by atoms with van der Waals surface area (Å²) in [5.41, 5.74) is 6.06. The zero-order valence-corrected chi connectivity index (χ0v) is 12.6. The van der Waals surface area contributed by atoms with Gasteiger partial charge in [-0.15, -0.1) is 0 Å². The molecule has 0 spiro atoms. The van der Waals surface area contributed by atoms with Crippen LogP contribution in [0.25, 0.3) is 0 Å². The number of likely N-dealkylation sites (tertiary alicyclic amines) is 1. The Morgan fingerprint density at radius 1 is 1.38 bits per heavy atom. The molecule has 2 rings (SSSR count). The fourth-order valence-corrected chi connectivity index (χ4v) is 3.00. The van der Waals surface area contributed by atoms with E-state index >= 15 is 0 Å². The Kier molecular flexibility index (Phi) is 5.59. The van der Waals surface area contributed by atoms with Gasteiger partial charge in [0.25, 0.3) is 0 Å². The van der Waals surface area contributed by atoms with E-state index in [4.69, 9.17) is 17.3 Å². The number of amides is 3. The standard InChI is InChI=1S/C15H20ClN3O2/c16-13-6-2-1-4-11(13)10-12-5-3-8-19(12)9-7-14(20)18-15(17)21/h1-2,4,6,12H,3,5,7-10H2,(H3,17,18,20,21)/t12-/m0/s1. The molecule has 6 heteroatoms. The van der Waals surface area contributed by atoms with Gasteiger partial charge >= 0.3 is 6.03 Å². The van der Waals surface area contributed by atoms with Crippen molar-refractivity contribution in [1.82, 2.24) is 10.2 Å².